The van der Waals surface area contributed by atoms with Crippen LogP contribution in [0.3, 0.4) is 0 Å². The van der Waals surface area contributed by atoms with Gasteiger partial charge < -0.3 is 14.4 Å². The molecule has 2 aromatic rings. The van der Waals surface area contributed by atoms with Gasteiger partial charge in [0, 0.05) is 13.6 Å². The third kappa shape index (κ3) is 5.03. The van der Waals surface area contributed by atoms with Gasteiger partial charge in [-0.15, -0.1) is 0 Å². The third-order valence-electron chi connectivity index (χ3n) is 3.43. The van der Waals surface area contributed by atoms with E-state index in [0.717, 1.165) is 11.3 Å². The molecule has 1 amide bonds. The molecule has 124 valence electrons. The molecule has 24 heavy (non-hydrogen) atoms. The molecule has 0 N–H and O–H groups in total. The summed E-state index contributed by atoms with van der Waals surface area (Å²) in [5.41, 5.74) is 1.58. The number of likely N-dealkylation sites (N-methyl/N-ethyl adjacent to an activating group) is 1. The lowest BCUT2D eigenvalue weighted by atomic mass is 10.2. The molecule has 0 saturated carbocycles. The van der Waals surface area contributed by atoms with Gasteiger partial charge >= 0.3 is 0 Å². The Morgan fingerprint density at radius 1 is 1.04 bits per heavy atom. The van der Waals surface area contributed by atoms with Crippen molar-refractivity contribution in [3.63, 3.8) is 0 Å². The Morgan fingerprint density at radius 3 is 2.21 bits per heavy atom. The molecule has 0 atom stereocenters. The maximum Gasteiger partial charge on any atom is 0.260 e. The summed E-state index contributed by atoms with van der Waals surface area (Å²) in [6, 6.07) is 16.4. The zero-order valence-electron chi connectivity index (χ0n) is 13.9. The van der Waals surface area contributed by atoms with Gasteiger partial charge in [-0.3, -0.25) is 4.79 Å². The Kier molecular flexibility index (Phi) is 6.21. The molecule has 0 aliphatic heterocycles. The Balaban J connectivity index is 1.83. The first-order valence-electron chi connectivity index (χ1n) is 7.71. The van der Waals surface area contributed by atoms with Crippen molar-refractivity contribution in [2.75, 3.05) is 20.3 Å². The quantitative estimate of drug-likeness (QED) is 0.785. The number of hydrogen-bond donors (Lipinski definition) is 0. The summed E-state index contributed by atoms with van der Waals surface area (Å²) in [6.45, 7) is 3.03. The van der Waals surface area contributed by atoms with Crippen LogP contribution in [-0.4, -0.2) is 31.1 Å². The van der Waals surface area contributed by atoms with E-state index < -0.39 is 0 Å². The van der Waals surface area contributed by atoms with Crippen LogP contribution in [-0.2, 0) is 11.3 Å². The van der Waals surface area contributed by atoms with Crippen molar-refractivity contribution >= 4 is 5.91 Å². The van der Waals surface area contributed by atoms with Crippen LogP contribution < -0.4 is 9.47 Å². The molecular weight excluding hydrogens is 304 g/mol. The van der Waals surface area contributed by atoms with Crippen LogP contribution in [0.1, 0.15) is 18.1 Å². The van der Waals surface area contributed by atoms with Gasteiger partial charge in [0.1, 0.15) is 11.5 Å². The van der Waals surface area contributed by atoms with Gasteiger partial charge in [-0.05, 0) is 48.9 Å². The molecule has 0 aliphatic carbocycles. The van der Waals surface area contributed by atoms with E-state index >= 15 is 0 Å². The highest BCUT2D eigenvalue weighted by atomic mass is 16.5. The van der Waals surface area contributed by atoms with Crippen LogP contribution in [0.25, 0.3) is 0 Å². The van der Waals surface area contributed by atoms with Crippen LogP contribution >= 0.6 is 0 Å². The number of amides is 1. The average molecular weight is 324 g/mol. The number of carbonyl (C=O) groups is 1. The minimum Gasteiger partial charge on any atom is -0.494 e. The molecule has 0 saturated heterocycles. The van der Waals surface area contributed by atoms with Crippen LogP contribution in [0.4, 0.5) is 0 Å². The van der Waals surface area contributed by atoms with Crippen molar-refractivity contribution < 1.29 is 14.3 Å². The van der Waals surface area contributed by atoms with Gasteiger partial charge in [0.2, 0.25) is 0 Å². The van der Waals surface area contributed by atoms with Crippen molar-refractivity contribution in [1.82, 2.24) is 4.90 Å². The topological polar surface area (TPSA) is 62.6 Å². The first kappa shape index (κ1) is 17.4. The second-order valence-corrected chi connectivity index (χ2v) is 5.25. The van der Waals surface area contributed by atoms with E-state index in [-0.39, 0.29) is 12.5 Å². The fourth-order valence-electron chi connectivity index (χ4n) is 2.10. The molecule has 5 nitrogen and oxygen atoms in total. The second kappa shape index (κ2) is 8.59. The number of benzene rings is 2. The Hall–Kier alpha value is -3.00. The SMILES string of the molecule is CCOc1ccc(CN(C)C(=O)COc2ccc(C#N)cc2)cc1. The van der Waals surface area contributed by atoms with Crippen molar-refractivity contribution in [3.8, 4) is 17.6 Å². The van der Waals surface area contributed by atoms with E-state index in [4.69, 9.17) is 14.7 Å². The monoisotopic (exact) mass is 324 g/mol. The minimum atomic E-state index is -0.117. The average Bonchev–Trinajstić information content (AvgIpc) is 2.62. The lowest BCUT2D eigenvalue weighted by Gasteiger charge is -2.18. The van der Waals surface area contributed by atoms with Crippen LogP contribution in [0.2, 0.25) is 0 Å². The Bertz CT molecular complexity index is 703. The van der Waals surface area contributed by atoms with Crippen molar-refractivity contribution in [1.29, 1.82) is 5.26 Å². The number of carbonyl (C=O) groups excluding carboxylic acids is 1. The van der Waals surface area contributed by atoms with E-state index in [9.17, 15) is 4.79 Å². The predicted molar refractivity (Wildman–Crippen MR) is 90.7 cm³/mol. The molecule has 0 bridgehead atoms. The van der Waals surface area contributed by atoms with E-state index in [2.05, 4.69) is 0 Å². The minimum absolute atomic E-state index is 0.0422. The highest BCUT2D eigenvalue weighted by molar-refractivity contribution is 5.77. The highest BCUT2D eigenvalue weighted by Gasteiger charge is 2.10. The lowest BCUT2D eigenvalue weighted by molar-refractivity contribution is -0.132. The number of rotatable bonds is 7. The lowest BCUT2D eigenvalue weighted by Crippen LogP contribution is -2.30. The molecule has 0 heterocycles. The first-order chi connectivity index (χ1) is 11.6. The summed E-state index contributed by atoms with van der Waals surface area (Å²) in [7, 11) is 1.74. The summed E-state index contributed by atoms with van der Waals surface area (Å²) in [4.78, 5) is 13.7. The van der Waals surface area contributed by atoms with E-state index in [1.807, 2.05) is 37.3 Å². The van der Waals surface area contributed by atoms with Gasteiger partial charge in [0.25, 0.3) is 5.91 Å². The normalized spacial score (nSPS) is 9.88. The predicted octanol–water partition coefficient (Wildman–Crippen LogP) is 2.99. The van der Waals surface area contributed by atoms with Gasteiger partial charge in [-0.25, -0.2) is 0 Å². The van der Waals surface area contributed by atoms with Crippen LogP contribution in [0.15, 0.2) is 48.5 Å². The van der Waals surface area contributed by atoms with Crippen molar-refractivity contribution in [2.24, 2.45) is 0 Å². The Morgan fingerprint density at radius 2 is 1.62 bits per heavy atom. The summed E-state index contributed by atoms with van der Waals surface area (Å²) >= 11 is 0. The fourth-order valence-corrected chi connectivity index (χ4v) is 2.10. The highest BCUT2D eigenvalue weighted by Crippen LogP contribution is 2.14. The Labute approximate surface area is 142 Å². The van der Waals surface area contributed by atoms with Gasteiger partial charge in [-0.1, -0.05) is 12.1 Å². The fraction of sp³-hybridized carbons (Fsp3) is 0.263. The smallest absolute Gasteiger partial charge is 0.260 e. The summed E-state index contributed by atoms with van der Waals surface area (Å²) < 4.78 is 10.9. The summed E-state index contributed by atoms with van der Waals surface area (Å²) in [5.74, 6) is 1.27. The first-order valence-corrected chi connectivity index (χ1v) is 7.71. The molecule has 0 fully saturated rings. The molecule has 2 rings (SSSR count). The number of hydrogen-bond acceptors (Lipinski definition) is 4. The van der Waals surface area contributed by atoms with Gasteiger partial charge in [-0.2, -0.15) is 5.26 Å². The van der Waals surface area contributed by atoms with Gasteiger partial charge in [0.15, 0.2) is 6.61 Å². The zero-order valence-corrected chi connectivity index (χ0v) is 13.9. The molecule has 5 heteroatoms. The zero-order chi connectivity index (χ0) is 17.4. The molecule has 0 aromatic heterocycles. The van der Waals surface area contributed by atoms with Crippen molar-refractivity contribution in [3.05, 3.63) is 59.7 Å². The molecule has 0 radical (unpaired) electrons. The second-order valence-electron chi connectivity index (χ2n) is 5.25. The molecular formula is C19H20N2O3. The van der Waals surface area contributed by atoms with Crippen LogP contribution in [0, 0.1) is 11.3 Å². The summed E-state index contributed by atoms with van der Waals surface area (Å²) in [5, 5.41) is 8.75. The summed E-state index contributed by atoms with van der Waals surface area (Å²) in [6.07, 6.45) is 0. The van der Waals surface area contributed by atoms with E-state index in [0.29, 0.717) is 24.5 Å². The van der Waals surface area contributed by atoms with E-state index in [1.54, 1.807) is 36.2 Å². The number of nitriles is 1. The van der Waals surface area contributed by atoms with Crippen molar-refractivity contribution in [2.45, 2.75) is 13.5 Å². The van der Waals surface area contributed by atoms with E-state index in [1.165, 1.54) is 0 Å². The largest absolute Gasteiger partial charge is 0.494 e. The standard InChI is InChI=1S/C19H20N2O3/c1-3-23-17-10-6-16(7-11-17)13-21(2)19(22)14-24-18-8-4-15(12-20)5-9-18/h4-11H,3,13-14H2,1-2H3. The molecule has 0 spiro atoms. The molecule has 2 aromatic carbocycles. The number of nitrogens with zero attached hydrogens (tertiary/aromatic N) is 2. The maximum absolute atomic E-state index is 12.1. The third-order valence-corrected chi connectivity index (χ3v) is 3.43. The number of ether oxygens (including phenoxy) is 2. The van der Waals surface area contributed by atoms with Crippen LogP contribution in [0.5, 0.6) is 11.5 Å². The molecule has 0 aliphatic rings. The van der Waals surface area contributed by atoms with Gasteiger partial charge in [0.05, 0.1) is 18.2 Å². The molecule has 0 unspecified atom stereocenters. The maximum atomic E-state index is 12.1.